The maximum atomic E-state index is 12.3. The van der Waals surface area contributed by atoms with E-state index in [9.17, 15) is 4.79 Å². The minimum absolute atomic E-state index is 0.169. The predicted molar refractivity (Wildman–Crippen MR) is 83.9 cm³/mol. The number of carbonyl (C=O) groups is 1. The van der Waals surface area contributed by atoms with Crippen LogP contribution in [-0.2, 0) is 5.54 Å². The molecule has 0 radical (unpaired) electrons. The molecule has 2 heterocycles. The molecule has 2 aromatic rings. The highest BCUT2D eigenvalue weighted by Crippen LogP contribution is 2.24. The van der Waals surface area contributed by atoms with Gasteiger partial charge in [-0.05, 0) is 39.7 Å². The molecule has 0 atom stereocenters. The molecule has 2 aromatic heterocycles. The van der Waals surface area contributed by atoms with Gasteiger partial charge in [0.2, 0.25) is 5.13 Å². The second-order valence-electron chi connectivity index (χ2n) is 6.27. The Morgan fingerprint density at radius 3 is 2.43 bits per heavy atom. The molecule has 0 aliphatic heterocycles. The first-order valence-corrected chi connectivity index (χ1v) is 7.72. The molecular weight excluding hydrogens is 286 g/mol. The van der Waals surface area contributed by atoms with Crippen LogP contribution in [0, 0.1) is 6.92 Å². The van der Waals surface area contributed by atoms with Gasteiger partial charge in [-0.2, -0.15) is 5.10 Å². The van der Waals surface area contributed by atoms with Gasteiger partial charge in [-0.25, -0.2) is 0 Å². The number of rotatable bonds is 3. The molecule has 0 unspecified atom stereocenters. The zero-order valence-electron chi connectivity index (χ0n) is 13.3. The number of aromatic nitrogens is 4. The van der Waals surface area contributed by atoms with Crippen molar-refractivity contribution < 1.29 is 4.79 Å². The number of hydrogen-bond donors (Lipinski definition) is 1. The number of nitrogens with one attached hydrogen (secondary N) is 1. The van der Waals surface area contributed by atoms with Crippen molar-refractivity contribution in [2.45, 2.75) is 53.0 Å². The molecule has 0 saturated heterocycles. The van der Waals surface area contributed by atoms with Crippen LogP contribution in [0.4, 0.5) is 5.13 Å². The molecule has 114 valence electrons. The average molecular weight is 307 g/mol. The predicted octanol–water partition coefficient (Wildman–Crippen LogP) is 3.17. The summed E-state index contributed by atoms with van der Waals surface area (Å²) in [6.45, 7) is 12.2. The van der Waals surface area contributed by atoms with E-state index < -0.39 is 0 Å². The van der Waals surface area contributed by atoms with Gasteiger partial charge >= 0.3 is 0 Å². The van der Waals surface area contributed by atoms with E-state index in [1.54, 1.807) is 0 Å². The first-order valence-electron chi connectivity index (χ1n) is 6.90. The van der Waals surface area contributed by atoms with Gasteiger partial charge < -0.3 is 0 Å². The van der Waals surface area contributed by atoms with Crippen LogP contribution in [0.1, 0.15) is 61.7 Å². The van der Waals surface area contributed by atoms with Gasteiger partial charge in [0.25, 0.3) is 5.91 Å². The molecule has 0 aliphatic rings. The molecular formula is C14H21N5OS. The normalized spacial score (nSPS) is 12.0. The Kier molecular flexibility index (Phi) is 4.13. The maximum absolute atomic E-state index is 12.3. The highest BCUT2D eigenvalue weighted by atomic mass is 32.1. The van der Waals surface area contributed by atoms with E-state index >= 15 is 0 Å². The van der Waals surface area contributed by atoms with Crippen LogP contribution in [0.5, 0.6) is 0 Å². The topological polar surface area (TPSA) is 72.7 Å². The summed E-state index contributed by atoms with van der Waals surface area (Å²) in [6.07, 6.45) is 0. The Balaban J connectivity index is 2.29. The summed E-state index contributed by atoms with van der Waals surface area (Å²) < 4.78 is 1.91. The van der Waals surface area contributed by atoms with Crippen molar-refractivity contribution in [3.05, 3.63) is 22.5 Å². The molecule has 0 bridgehead atoms. The zero-order chi connectivity index (χ0) is 15.8. The van der Waals surface area contributed by atoms with Crippen LogP contribution >= 0.6 is 11.3 Å². The van der Waals surface area contributed by atoms with Crippen molar-refractivity contribution in [3.63, 3.8) is 0 Å². The minimum Gasteiger partial charge on any atom is -0.295 e. The first kappa shape index (κ1) is 15.6. The van der Waals surface area contributed by atoms with Gasteiger partial charge in [-0.3, -0.25) is 14.8 Å². The number of anilines is 1. The van der Waals surface area contributed by atoms with Crippen LogP contribution in [0.2, 0.25) is 0 Å². The molecule has 0 aromatic carbocycles. The van der Waals surface area contributed by atoms with Crippen molar-refractivity contribution in [3.8, 4) is 0 Å². The second-order valence-corrected chi connectivity index (χ2v) is 7.45. The fourth-order valence-electron chi connectivity index (χ4n) is 1.96. The summed E-state index contributed by atoms with van der Waals surface area (Å²) in [5.74, 6) is 0.0399. The Morgan fingerprint density at radius 1 is 1.33 bits per heavy atom. The quantitative estimate of drug-likeness (QED) is 0.945. The van der Waals surface area contributed by atoms with E-state index in [-0.39, 0.29) is 11.4 Å². The van der Waals surface area contributed by atoms with Gasteiger partial charge in [-0.1, -0.05) is 25.2 Å². The van der Waals surface area contributed by atoms with Crippen molar-refractivity contribution in [2.24, 2.45) is 0 Å². The molecule has 6 nitrogen and oxygen atoms in total. The van der Waals surface area contributed by atoms with Gasteiger partial charge in [0.05, 0.1) is 5.54 Å². The molecule has 1 amide bonds. The Bertz CT molecular complexity index is 651. The van der Waals surface area contributed by atoms with Crippen molar-refractivity contribution >= 4 is 22.4 Å². The summed E-state index contributed by atoms with van der Waals surface area (Å²) in [5, 5.41) is 16.3. The molecule has 0 aliphatic carbocycles. The number of carbonyl (C=O) groups excluding carboxylic acids is 1. The molecule has 0 fully saturated rings. The highest BCUT2D eigenvalue weighted by molar-refractivity contribution is 7.15. The molecule has 2 rings (SSSR count). The van der Waals surface area contributed by atoms with Gasteiger partial charge in [-0.15, -0.1) is 10.2 Å². The van der Waals surface area contributed by atoms with E-state index in [1.165, 1.54) is 11.3 Å². The van der Waals surface area contributed by atoms with E-state index in [0.29, 0.717) is 16.7 Å². The number of aryl methyl sites for hydroxylation is 1. The van der Waals surface area contributed by atoms with E-state index in [4.69, 9.17) is 0 Å². The third-order valence-corrected chi connectivity index (χ3v) is 3.70. The van der Waals surface area contributed by atoms with E-state index in [2.05, 4.69) is 55.2 Å². The number of hydrogen-bond acceptors (Lipinski definition) is 5. The van der Waals surface area contributed by atoms with Gasteiger partial charge in [0, 0.05) is 5.69 Å². The van der Waals surface area contributed by atoms with Crippen LogP contribution in [0.3, 0.4) is 0 Å². The third-order valence-electron chi connectivity index (χ3n) is 2.94. The summed E-state index contributed by atoms with van der Waals surface area (Å²) in [6, 6.07) is 1.85. The molecule has 7 heteroatoms. The lowest BCUT2D eigenvalue weighted by Crippen LogP contribution is -2.26. The Hall–Kier alpha value is -1.76. The summed E-state index contributed by atoms with van der Waals surface area (Å²) in [5.41, 5.74) is 1.28. The van der Waals surface area contributed by atoms with Crippen LogP contribution < -0.4 is 5.32 Å². The van der Waals surface area contributed by atoms with E-state index in [1.807, 2.05) is 17.7 Å². The highest BCUT2D eigenvalue weighted by Gasteiger charge is 2.23. The van der Waals surface area contributed by atoms with Crippen LogP contribution in [-0.4, -0.2) is 25.9 Å². The number of nitrogens with zero attached hydrogens (tertiary/aromatic N) is 4. The summed E-state index contributed by atoms with van der Waals surface area (Å²) >= 11 is 1.34. The smallest absolute Gasteiger partial charge is 0.277 e. The largest absolute Gasteiger partial charge is 0.295 e. The molecule has 0 saturated carbocycles. The minimum atomic E-state index is -0.254. The van der Waals surface area contributed by atoms with Gasteiger partial charge in [0.1, 0.15) is 5.01 Å². The summed E-state index contributed by atoms with van der Waals surface area (Å²) in [4.78, 5) is 12.3. The lowest BCUT2D eigenvalue weighted by atomic mass is 10.1. The lowest BCUT2D eigenvalue weighted by Gasteiger charge is -2.23. The van der Waals surface area contributed by atoms with Crippen molar-refractivity contribution in [1.82, 2.24) is 20.0 Å². The van der Waals surface area contributed by atoms with Gasteiger partial charge in [0.15, 0.2) is 5.69 Å². The third kappa shape index (κ3) is 3.47. The SMILES string of the molecule is Cc1nnc(NC(=O)c2cc(C(C)C)n(C(C)(C)C)n2)s1. The fourth-order valence-corrected chi connectivity index (χ4v) is 2.55. The molecule has 21 heavy (non-hydrogen) atoms. The van der Waals surface area contributed by atoms with Crippen LogP contribution in [0.15, 0.2) is 6.07 Å². The van der Waals surface area contributed by atoms with Crippen LogP contribution in [0.25, 0.3) is 0 Å². The lowest BCUT2D eigenvalue weighted by molar-refractivity contribution is 0.102. The standard InChI is InChI=1S/C14H21N5OS/c1-8(2)11-7-10(18-19(11)14(4,5)6)12(20)15-13-17-16-9(3)21-13/h7-8H,1-6H3,(H,15,17,20). The molecule has 1 N–H and O–H groups in total. The number of amides is 1. The zero-order valence-corrected chi connectivity index (χ0v) is 14.1. The van der Waals surface area contributed by atoms with E-state index in [0.717, 1.165) is 10.7 Å². The average Bonchev–Trinajstić information content (AvgIpc) is 2.94. The second kappa shape index (κ2) is 5.55. The van der Waals surface area contributed by atoms with Crippen molar-refractivity contribution in [1.29, 1.82) is 0 Å². The Labute approximate surface area is 128 Å². The maximum Gasteiger partial charge on any atom is 0.277 e. The summed E-state index contributed by atoms with van der Waals surface area (Å²) in [7, 11) is 0. The van der Waals surface area contributed by atoms with Crippen molar-refractivity contribution in [2.75, 3.05) is 5.32 Å². The monoisotopic (exact) mass is 307 g/mol. The Morgan fingerprint density at radius 2 is 2.00 bits per heavy atom. The molecule has 0 spiro atoms. The first-order chi connectivity index (χ1) is 9.68. The fraction of sp³-hybridized carbons (Fsp3) is 0.571.